The van der Waals surface area contributed by atoms with Crippen LogP contribution in [0.15, 0.2) is 12.1 Å². The number of aromatic hydroxyl groups is 1. The molecule has 1 aliphatic heterocycles. The summed E-state index contributed by atoms with van der Waals surface area (Å²) in [4.78, 5) is 0. The van der Waals surface area contributed by atoms with Crippen molar-refractivity contribution in [2.24, 2.45) is 0 Å². The quantitative estimate of drug-likeness (QED) is 0.833. The third-order valence-corrected chi connectivity index (χ3v) is 2.86. The summed E-state index contributed by atoms with van der Waals surface area (Å²) in [6, 6.07) is 3.18. The Balaban J connectivity index is 0.00000128. The molecule has 16 heavy (non-hydrogen) atoms. The first-order chi connectivity index (χ1) is 7.18. The van der Waals surface area contributed by atoms with E-state index in [0.717, 1.165) is 6.54 Å². The second-order valence-corrected chi connectivity index (χ2v) is 4.25. The van der Waals surface area contributed by atoms with Crippen LogP contribution >= 0.6 is 35.6 Å². The minimum atomic E-state index is -0.0463. The number of ether oxygens (including phenoxy) is 1. The van der Waals surface area contributed by atoms with Crippen LogP contribution in [0.1, 0.15) is 11.6 Å². The maximum Gasteiger partial charge on any atom is 0.139 e. The van der Waals surface area contributed by atoms with Gasteiger partial charge in [-0.05, 0) is 12.1 Å². The van der Waals surface area contributed by atoms with Crippen molar-refractivity contribution in [1.29, 1.82) is 0 Å². The molecular formula is C10H12Cl3NO2. The molecule has 2 rings (SSSR count). The normalized spacial score (nSPS) is 20.2. The Hall–Kier alpha value is -0.190. The molecule has 1 fully saturated rings. The van der Waals surface area contributed by atoms with Gasteiger partial charge in [-0.3, -0.25) is 0 Å². The van der Waals surface area contributed by atoms with Gasteiger partial charge >= 0.3 is 0 Å². The number of benzene rings is 1. The zero-order chi connectivity index (χ0) is 10.8. The fraction of sp³-hybridized carbons (Fsp3) is 0.400. The summed E-state index contributed by atoms with van der Waals surface area (Å²) in [6.45, 7) is 1.96. The Kier molecular flexibility index (Phi) is 5.15. The van der Waals surface area contributed by atoms with E-state index >= 15 is 0 Å². The van der Waals surface area contributed by atoms with Crippen LogP contribution in [-0.2, 0) is 4.74 Å². The third-order valence-electron chi connectivity index (χ3n) is 2.35. The summed E-state index contributed by atoms with van der Waals surface area (Å²) in [7, 11) is 0. The van der Waals surface area contributed by atoms with Crippen molar-refractivity contribution in [2.45, 2.75) is 6.04 Å². The van der Waals surface area contributed by atoms with Crippen molar-refractivity contribution >= 4 is 35.6 Å². The molecule has 0 aromatic heterocycles. The molecule has 0 spiro atoms. The Morgan fingerprint density at radius 1 is 1.38 bits per heavy atom. The largest absolute Gasteiger partial charge is 0.506 e. The number of morpholine rings is 1. The van der Waals surface area contributed by atoms with Crippen molar-refractivity contribution in [3.63, 3.8) is 0 Å². The van der Waals surface area contributed by atoms with Gasteiger partial charge in [0.05, 0.1) is 24.3 Å². The predicted octanol–water partition coefficient (Wildman–Crippen LogP) is 2.78. The molecule has 1 heterocycles. The third kappa shape index (κ3) is 2.93. The van der Waals surface area contributed by atoms with Crippen LogP contribution in [0.2, 0.25) is 10.0 Å². The second kappa shape index (κ2) is 5.94. The Labute approximate surface area is 110 Å². The van der Waals surface area contributed by atoms with Crippen LogP contribution in [-0.4, -0.2) is 24.9 Å². The molecule has 1 atom stereocenters. The number of phenols is 1. The van der Waals surface area contributed by atoms with Gasteiger partial charge in [-0.25, -0.2) is 0 Å². The summed E-state index contributed by atoms with van der Waals surface area (Å²) in [5.41, 5.74) is 0.687. The highest BCUT2D eigenvalue weighted by molar-refractivity contribution is 6.35. The van der Waals surface area contributed by atoms with E-state index in [0.29, 0.717) is 23.8 Å². The van der Waals surface area contributed by atoms with Gasteiger partial charge in [-0.1, -0.05) is 23.2 Å². The van der Waals surface area contributed by atoms with Crippen LogP contribution < -0.4 is 5.32 Å². The molecule has 1 aromatic carbocycles. The van der Waals surface area contributed by atoms with Crippen molar-refractivity contribution in [2.75, 3.05) is 19.8 Å². The first-order valence-corrected chi connectivity index (χ1v) is 5.43. The number of phenolic OH excluding ortho intramolecular Hbond substituents is 1. The molecule has 6 heteroatoms. The van der Waals surface area contributed by atoms with Crippen LogP contribution in [0.4, 0.5) is 0 Å². The fourth-order valence-corrected chi connectivity index (χ4v) is 2.13. The van der Waals surface area contributed by atoms with Gasteiger partial charge in [0.1, 0.15) is 5.75 Å². The lowest BCUT2D eigenvalue weighted by atomic mass is 10.1. The zero-order valence-electron chi connectivity index (χ0n) is 8.37. The number of nitrogens with one attached hydrogen (secondary N) is 1. The molecule has 0 aliphatic carbocycles. The average molecular weight is 285 g/mol. The topological polar surface area (TPSA) is 41.5 Å². The van der Waals surface area contributed by atoms with Gasteiger partial charge in [0.15, 0.2) is 0 Å². The summed E-state index contributed by atoms with van der Waals surface area (Å²) in [5.74, 6) is 0.0732. The summed E-state index contributed by atoms with van der Waals surface area (Å²) >= 11 is 11.7. The van der Waals surface area contributed by atoms with Gasteiger partial charge in [0, 0.05) is 17.1 Å². The molecule has 2 N–H and O–H groups in total. The molecule has 3 nitrogen and oxygen atoms in total. The van der Waals surface area contributed by atoms with E-state index in [9.17, 15) is 5.11 Å². The van der Waals surface area contributed by atoms with E-state index < -0.39 is 0 Å². The van der Waals surface area contributed by atoms with E-state index in [4.69, 9.17) is 27.9 Å². The minimum Gasteiger partial charge on any atom is -0.506 e. The molecule has 1 saturated heterocycles. The molecule has 0 radical (unpaired) electrons. The van der Waals surface area contributed by atoms with E-state index in [1.807, 2.05) is 0 Å². The molecule has 90 valence electrons. The average Bonchev–Trinajstić information content (AvgIpc) is 2.24. The van der Waals surface area contributed by atoms with Crippen molar-refractivity contribution in [1.82, 2.24) is 5.32 Å². The van der Waals surface area contributed by atoms with Crippen LogP contribution in [0.5, 0.6) is 5.75 Å². The highest BCUT2D eigenvalue weighted by Crippen LogP contribution is 2.35. The van der Waals surface area contributed by atoms with Crippen LogP contribution in [0.3, 0.4) is 0 Å². The fourth-order valence-electron chi connectivity index (χ4n) is 1.62. The van der Waals surface area contributed by atoms with Gasteiger partial charge in [0.2, 0.25) is 0 Å². The minimum absolute atomic E-state index is 0. The van der Waals surface area contributed by atoms with Gasteiger partial charge in [0.25, 0.3) is 0 Å². The molecule has 1 aromatic rings. The maximum atomic E-state index is 9.79. The molecule has 0 unspecified atom stereocenters. The van der Waals surface area contributed by atoms with E-state index in [1.165, 1.54) is 6.07 Å². The SMILES string of the molecule is Cl.Oc1c(Cl)cc(Cl)cc1[C@H]1COCCN1. The highest BCUT2D eigenvalue weighted by Gasteiger charge is 2.20. The van der Waals surface area contributed by atoms with Gasteiger partial charge < -0.3 is 15.2 Å². The van der Waals surface area contributed by atoms with Crippen LogP contribution in [0, 0.1) is 0 Å². The van der Waals surface area contributed by atoms with Crippen LogP contribution in [0.25, 0.3) is 0 Å². The first kappa shape index (κ1) is 13.9. The lowest BCUT2D eigenvalue weighted by Crippen LogP contribution is -2.34. The number of rotatable bonds is 1. The number of hydrogen-bond donors (Lipinski definition) is 2. The Morgan fingerprint density at radius 2 is 2.12 bits per heavy atom. The number of hydrogen-bond acceptors (Lipinski definition) is 3. The summed E-state index contributed by atoms with van der Waals surface area (Å²) in [5, 5.41) is 13.8. The van der Waals surface area contributed by atoms with Gasteiger partial charge in [-0.15, -0.1) is 12.4 Å². The Bertz CT molecular complexity index is 367. The predicted molar refractivity (Wildman–Crippen MR) is 66.9 cm³/mol. The first-order valence-electron chi connectivity index (χ1n) is 4.67. The van der Waals surface area contributed by atoms with E-state index in [1.54, 1.807) is 6.07 Å². The standard InChI is InChI=1S/C10H11Cl2NO2.ClH/c11-6-3-7(10(14)8(12)4-6)9-5-15-2-1-13-9;/h3-4,9,13-14H,1-2,5H2;1H/t9-;/m1./s1. The van der Waals surface area contributed by atoms with Crippen molar-refractivity contribution in [3.8, 4) is 5.75 Å². The lowest BCUT2D eigenvalue weighted by Gasteiger charge is -2.25. The van der Waals surface area contributed by atoms with Gasteiger partial charge in [-0.2, -0.15) is 0 Å². The lowest BCUT2D eigenvalue weighted by molar-refractivity contribution is 0.0761. The monoisotopic (exact) mass is 283 g/mol. The van der Waals surface area contributed by atoms with E-state index in [2.05, 4.69) is 5.32 Å². The molecular weight excluding hydrogens is 272 g/mol. The zero-order valence-corrected chi connectivity index (χ0v) is 10.7. The van der Waals surface area contributed by atoms with E-state index in [-0.39, 0.29) is 29.2 Å². The summed E-state index contributed by atoms with van der Waals surface area (Å²) < 4.78 is 5.31. The molecule has 0 bridgehead atoms. The second-order valence-electron chi connectivity index (χ2n) is 3.41. The van der Waals surface area contributed by atoms with Crippen molar-refractivity contribution in [3.05, 3.63) is 27.7 Å². The molecule has 0 amide bonds. The maximum absolute atomic E-state index is 9.79. The number of halogens is 3. The Morgan fingerprint density at radius 3 is 2.75 bits per heavy atom. The smallest absolute Gasteiger partial charge is 0.139 e. The summed E-state index contributed by atoms with van der Waals surface area (Å²) in [6.07, 6.45) is 0. The molecule has 0 saturated carbocycles. The highest BCUT2D eigenvalue weighted by atomic mass is 35.5. The van der Waals surface area contributed by atoms with Crippen molar-refractivity contribution < 1.29 is 9.84 Å². The molecule has 1 aliphatic rings.